The van der Waals surface area contributed by atoms with E-state index in [2.05, 4.69) is 84.9 Å². The first kappa shape index (κ1) is 16.7. The Morgan fingerprint density at radius 3 is 2.07 bits per heavy atom. The van der Waals surface area contributed by atoms with Crippen molar-refractivity contribution in [1.29, 1.82) is 0 Å². The van der Waals surface area contributed by atoms with Crippen molar-refractivity contribution in [3.8, 4) is 0 Å². The highest BCUT2D eigenvalue weighted by Crippen LogP contribution is 2.49. The summed E-state index contributed by atoms with van der Waals surface area (Å²) in [6.45, 7) is 0.730. The molecule has 2 aliphatic heterocycles. The van der Waals surface area contributed by atoms with Gasteiger partial charge in [0.15, 0.2) is 5.79 Å². The molecule has 2 heteroatoms. The van der Waals surface area contributed by atoms with E-state index in [1.165, 1.54) is 22.3 Å². The first-order chi connectivity index (χ1) is 13.3. The molecule has 1 fully saturated rings. The Bertz CT molecular complexity index is 921. The van der Waals surface area contributed by atoms with Gasteiger partial charge in [0.25, 0.3) is 0 Å². The van der Waals surface area contributed by atoms with Gasteiger partial charge in [-0.05, 0) is 16.7 Å². The van der Waals surface area contributed by atoms with Gasteiger partial charge >= 0.3 is 0 Å². The summed E-state index contributed by atoms with van der Waals surface area (Å²) in [5.41, 5.74) is 4.91. The van der Waals surface area contributed by atoms with Crippen molar-refractivity contribution >= 4 is 0 Å². The van der Waals surface area contributed by atoms with Gasteiger partial charge < -0.3 is 9.47 Å². The topological polar surface area (TPSA) is 18.5 Å². The van der Waals surface area contributed by atoms with E-state index in [4.69, 9.17) is 9.47 Å². The average molecular weight is 356 g/mol. The van der Waals surface area contributed by atoms with Crippen molar-refractivity contribution in [3.63, 3.8) is 0 Å². The van der Waals surface area contributed by atoms with Crippen LogP contribution in [0.25, 0.3) is 0 Å². The molecule has 0 aromatic heterocycles. The van der Waals surface area contributed by atoms with E-state index in [1.807, 2.05) is 0 Å². The smallest absolute Gasteiger partial charge is 0.199 e. The quantitative estimate of drug-likeness (QED) is 0.651. The van der Waals surface area contributed by atoms with E-state index >= 15 is 0 Å². The summed E-state index contributed by atoms with van der Waals surface area (Å²) in [7, 11) is 0. The van der Waals surface area contributed by atoms with Crippen LogP contribution in [-0.4, -0.2) is 12.2 Å². The zero-order valence-corrected chi connectivity index (χ0v) is 15.4. The van der Waals surface area contributed by atoms with Gasteiger partial charge in [-0.3, -0.25) is 0 Å². The third-order valence-corrected chi connectivity index (χ3v) is 5.86. The lowest BCUT2D eigenvalue weighted by Crippen LogP contribution is -2.57. The summed E-state index contributed by atoms with van der Waals surface area (Å²) in [4.78, 5) is 0. The van der Waals surface area contributed by atoms with E-state index in [9.17, 15) is 0 Å². The molecule has 1 saturated heterocycles. The Labute approximate surface area is 160 Å². The predicted molar refractivity (Wildman–Crippen MR) is 107 cm³/mol. The van der Waals surface area contributed by atoms with E-state index in [1.54, 1.807) is 0 Å². The monoisotopic (exact) mass is 356 g/mol. The maximum atomic E-state index is 6.91. The first-order valence-corrected chi connectivity index (χ1v) is 9.77. The fourth-order valence-corrected chi connectivity index (χ4v) is 4.68. The number of benzene rings is 3. The van der Waals surface area contributed by atoms with E-state index < -0.39 is 5.79 Å². The first-order valence-electron chi connectivity index (χ1n) is 9.77. The Hall–Kier alpha value is -2.42. The molecule has 0 aliphatic carbocycles. The lowest BCUT2D eigenvalue weighted by Gasteiger charge is -2.53. The highest BCUT2D eigenvalue weighted by Gasteiger charge is 2.52. The van der Waals surface area contributed by atoms with Crippen LogP contribution >= 0.6 is 0 Å². The molecule has 2 bridgehead atoms. The van der Waals surface area contributed by atoms with Crippen LogP contribution in [0.1, 0.15) is 28.7 Å². The van der Waals surface area contributed by atoms with Crippen LogP contribution in [0.3, 0.4) is 0 Å². The zero-order chi connectivity index (χ0) is 18.2. The number of fused-ring (bicyclic) bond motifs is 4. The number of rotatable bonds is 4. The highest BCUT2D eigenvalue weighted by atomic mass is 16.7. The van der Waals surface area contributed by atoms with Gasteiger partial charge in [-0.1, -0.05) is 84.9 Å². The molecule has 2 heterocycles. The van der Waals surface area contributed by atoms with Gasteiger partial charge in [0, 0.05) is 31.2 Å². The van der Waals surface area contributed by atoms with Gasteiger partial charge in [-0.15, -0.1) is 0 Å². The molecule has 2 atom stereocenters. The lowest BCUT2D eigenvalue weighted by molar-refractivity contribution is -0.344. The molecule has 2 aliphatic rings. The molecule has 5 rings (SSSR count). The summed E-state index contributed by atoms with van der Waals surface area (Å²) >= 11 is 0. The Morgan fingerprint density at radius 2 is 1.33 bits per heavy atom. The van der Waals surface area contributed by atoms with Crippen molar-refractivity contribution in [2.75, 3.05) is 6.61 Å². The minimum Gasteiger partial charge on any atom is -0.345 e. The van der Waals surface area contributed by atoms with Crippen LogP contribution in [0.2, 0.25) is 0 Å². The molecule has 0 amide bonds. The molecule has 136 valence electrons. The van der Waals surface area contributed by atoms with Crippen molar-refractivity contribution in [2.45, 2.75) is 37.1 Å². The summed E-state index contributed by atoms with van der Waals surface area (Å²) in [5, 5.41) is 0. The summed E-state index contributed by atoms with van der Waals surface area (Å²) in [6, 6.07) is 29.9. The minimum absolute atomic E-state index is 0.206. The maximum Gasteiger partial charge on any atom is 0.199 e. The second-order valence-electron chi connectivity index (χ2n) is 7.80. The summed E-state index contributed by atoms with van der Waals surface area (Å²) in [6.07, 6.45) is 3.52. The highest BCUT2D eigenvalue weighted by molar-refractivity contribution is 5.38. The van der Waals surface area contributed by atoms with Gasteiger partial charge in [0.2, 0.25) is 0 Å². The second-order valence-corrected chi connectivity index (χ2v) is 7.80. The van der Waals surface area contributed by atoms with Crippen LogP contribution in [0, 0.1) is 0 Å². The van der Waals surface area contributed by atoms with Crippen LogP contribution in [-0.2, 0) is 34.5 Å². The third kappa shape index (κ3) is 3.09. The third-order valence-electron chi connectivity index (χ3n) is 5.86. The minimum atomic E-state index is -0.691. The Kier molecular flexibility index (Phi) is 4.11. The van der Waals surface area contributed by atoms with E-state index in [0.717, 1.165) is 32.3 Å². The van der Waals surface area contributed by atoms with Crippen LogP contribution in [0.15, 0.2) is 84.9 Å². The number of ether oxygens (including phenoxy) is 2. The number of hydrogen-bond donors (Lipinski definition) is 0. The molecule has 27 heavy (non-hydrogen) atoms. The molecule has 0 spiro atoms. The van der Waals surface area contributed by atoms with Crippen LogP contribution < -0.4 is 0 Å². The molecule has 0 N–H and O–H groups in total. The van der Waals surface area contributed by atoms with E-state index in [0.29, 0.717) is 0 Å². The average Bonchev–Trinajstić information content (AvgIpc) is 2.69. The molecule has 2 nitrogen and oxygen atoms in total. The fraction of sp³-hybridized carbons (Fsp3) is 0.280. The van der Waals surface area contributed by atoms with Crippen LogP contribution in [0.5, 0.6) is 0 Å². The summed E-state index contributed by atoms with van der Waals surface area (Å²) in [5.74, 6) is -0.691. The second kappa shape index (κ2) is 6.63. The normalized spacial score (nSPS) is 26.4. The van der Waals surface area contributed by atoms with Gasteiger partial charge in [-0.25, -0.2) is 0 Å². The van der Waals surface area contributed by atoms with Crippen molar-refractivity contribution in [3.05, 3.63) is 107 Å². The molecule has 0 radical (unpaired) electrons. The summed E-state index contributed by atoms with van der Waals surface area (Å²) < 4.78 is 13.3. The van der Waals surface area contributed by atoms with Gasteiger partial charge in [0.1, 0.15) is 0 Å². The molecule has 0 unspecified atom stereocenters. The van der Waals surface area contributed by atoms with Crippen molar-refractivity contribution in [2.24, 2.45) is 0 Å². The molecule has 3 aromatic rings. The van der Waals surface area contributed by atoms with Crippen molar-refractivity contribution in [1.82, 2.24) is 0 Å². The van der Waals surface area contributed by atoms with Crippen LogP contribution in [0.4, 0.5) is 0 Å². The molecular weight excluding hydrogens is 332 g/mol. The van der Waals surface area contributed by atoms with Gasteiger partial charge in [-0.2, -0.15) is 0 Å². The standard InChI is InChI=1S/C25H24O2/c1-3-9-20(10-4-1)17-24-15-16-26-25(27-24,18-21-11-5-2-6-12-21)23-14-8-7-13-22(23)19-24/h1-14H,15-19H2/t24-,25+/m1/s1. The predicted octanol–water partition coefficient (Wildman–Crippen LogP) is 5.06. The lowest BCUT2D eigenvalue weighted by atomic mass is 9.77. The maximum absolute atomic E-state index is 6.91. The Morgan fingerprint density at radius 1 is 0.704 bits per heavy atom. The van der Waals surface area contributed by atoms with Crippen molar-refractivity contribution < 1.29 is 9.47 Å². The largest absolute Gasteiger partial charge is 0.345 e. The zero-order valence-electron chi connectivity index (χ0n) is 15.4. The van der Waals surface area contributed by atoms with Gasteiger partial charge in [0.05, 0.1) is 12.2 Å². The molecule has 3 aromatic carbocycles. The van der Waals surface area contributed by atoms with E-state index in [-0.39, 0.29) is 5.60 Å². The number of hydrogen-bond acceptors (Lipinski definition) is 2. The fourth-order valence-electron chi connectivity index (χ4n) is 4.68. The Balaban J connectivity index is 1.57. The molecular formula is C25H24O2. The molecule has 0 saturated carbocycles. The SMILES string of the molecule is c1ccc(C[C@@]23CCO[C@@](Cc4ccccc4)(O2)c2ccccc2C3)cc1.